The fourth-order valence-corrected chi connectivity index (χ4v) is 6.03. The van der Waals surface area contributed by atoms with E-state index < -0.39 is 9.04 Å². The number of aryl methyl sites for hydroxylation is 1. The summed E-state index contributed by atoms with van der Waals surface area (Å²) in [4.78, 5) is 0. The Hall–Kier alpha value is -1.68. The first-order valence-corrected chi connectivity index (χ1v) is 11.5. The highest BCUT2D eigenvalue weighted by molar-refractivity contribution is 9.10. The largest absolute Gasteiger partial charge is 0.400 e. The van der Waals surface area contributed by atoms with Gasteiger partial charge in [-0.2, -0.15) is 0 Å². The molecule has 0 N–H and O–H groups in total. The van der Waals surface area contributed by atoms with E-state index in [1.165, 1.54) is 21.5 Å². The second kappa shape index (κ2) is 8.55. The fraction of sp³-hybridized carbons (Fsp3) is 0.250. The van der Waals surface area contributed by atoms with Crippen LogP contribution in [0.25, 0.3) is 0 Å². The van der Waals surface area contributed by atoms with Gasteiger partial charge in [0.2, 0.25) is 0 Å². The predicted molar refractivity (Wildman–Crippen MR) is 120 cm³/mol. The number of rotatable bonds is 5. The van der Waals surface area contributed by atoms with Gasteiger partial charge in [0, 0.05) is 4.47 Å². The molecule has 0 fully saturated rings. The maximum absolute atomic E-state index is 6.98. The van der Waals surface area contributed by atoms with Gasteiger partial charge in [0.25, 0.3) is 9.04 Å². The minimum Gasteiger partial charge on any atom is -0.400 e. The second-order valence-corrected chi connectivity index (χ2v) is 10.9. The van der Waals surface area contributed by atoms with Crippen molar-refractivity contribution in [2.75, 3.05) is 0 Å². The van der Waals surface area contributed by atoms with Gasteiger partial charge in [-0.25, -0.2) is 0 Å². The zero-order valence-corrected chi connectivity index (χ0v) is 19.0. The van der Waals surface area contributed by atoms with Crippen LogP contribution in [0, 0.1) is 12.3 Å². The summed E-state index contributed by atoms with van der Waals surface area (Å²) in [5, 5.41) is 2.55. The van der Waals surface area contributed by atoms with Crippen LogP contribution < -0.4 is 10.4 Å². The van der Waals surface area contributed by atoms with Crippen molar-refractivity contribution in [1.29, 1.82) is 0 Å². The second-order valence-electron chi connectivity index (χ2n) is 7.93. The van der Waals surface area contributed by atoms with Crippen LogP contribution in [-0.2, 0) is 4.43 Å². The molecule has 1 atom stereocenters. The average Bonchev–Trinajstić information content (AvgIpc) is 2.64. The topological polar surface area (TPSA) is 9.23 Å². The minimum atomic E-state index is -1.37. The Morgan fingerprint density at radius 2 is 1.33 bits per heavy atom. The Kier molecular flexibility index (Phi) is 6.35. The van der Waals surface area contributed by atoms with Crippen molar-refractivity contribution < 1.29 is 4.43 Å². The molecule has 0 saturated carbocycles. The molecular weight excluding hydrogens is 412 g/mol. The van der Waals surface area contributed by atoms with Crippen molar-refractivity contribution in [3.05, 3.63) is 94.5 Å². The molecule has 27 heavy (non-hydrogen) atoms. The summed E-state index contributed by atoms with van der Waals surface area (Å²) < 4.78 is 8.09. The molecule has 0 aromatic heterocycles. The molecule has 3 aromatic rings. The van der Waals surface area contributed by atoms with E-state index in [9.17, 15) is 0 Å². The van der Waals surface area contributed by atoms with Gasteiger partial charge in [-0.15, -0.1) is 0 Å². The number of hydrogen-bond acceptors (Lipinski definition) is 1. The molecule has 0 aliphatic heterocycles. The van der Waals surface area contributed by atoms with Crippen LogP contribution in [0.3, 0.4) is 0 Å². The molecule has 1 nitrogen and oxygen atoms in total. The van der Waals surface area contributed by atoms with E-state index in [0.29, 0.717) is 0 Å². The van der Waals surface area contributed by atoms with Crippen molar-refractivity contribution in [3.8, 4) is 0 Å². The molecule has 0 saturated heterocycles. The number of halogens is 1. The third kappa shape index (κ3) is 4.98. The molecule has 1 unspecified atom stereocenters. The van der Waals surface area contributed by atoms with Gasteiger partial charge in [-0.05, 0) is 46.0 Å². The van der Waals surface area contributed by atoms with E-state index in [4.69, 9.17) is 4.43 Å². The van der Waals surface area contributed by atoms with Crippen molar-refractivity contribution >= 4 is 35.3 Å². The molecule has 0 spiro atoms. The van der Waals surface area contributed by atoms with E-state index >= 15 is 0 Å². The molecule has 0 heterocycles. The summed E-state index contributed by atoms with van der Waals surface area (Å²) in [7, 11) is -1.37. The summed E-state index contributed by atoms with van der Waals surface area (Å²) >= 11 is 3.59. The van der Waals surface area contributed by atoms with Gasteiger partial charge in [-0.1, -0.05) is 103 Å². The van der Waals surface area contributed by atoms with E-state index in [2.05, 4.69) is 122 Å². The normalized spacial score (nSPS) is 13.0. The lowest BCUT2D eigenvalue weighted by atomic mass is 9.83. The summed E-state index contributed by atoms with van der Waals surface area (Å²) in [6.07, 6.45) is 0.0138. The Morgan fingerprint density at radius 1 is 0.815 bits per heavy atom. The summed E-state index contributed by atoms with van der Waals surface area (Å²) in [6.45, 7) is 8.94. The van der Waals surface area contributed by atoms with Crippen molar-refractivity contribution in [2.24, 2.45) is 5.41 Å². The highest BCUT2D eigenvalue weighted by Gasteiger charge is 2.33. The Labute approximate surface area is 173 Å². The molecule has 0 aliphatic rings. The summed E-state index contributed by atoms with van der Waals surface area (Å²) in [5.74, 6) is 0. The van der Waals surface area contributed by atoms with Crippen LogP contribution in [0.15, 0.2) is 83.3 Å². The third-order valence-electron chi connectivity index (χ3n) is 4.61. The lowest BCUT2D eigenvalue weighted by Crippen LogP contribution is -2.47. The minimum absolute atomic E-state index is 0.0138. The van der Waals surface area contributed by atoms with Gasteiger partial charge in [0.1, 0.15) is 0 Å². The predicted octanol–water partition coefficient (Wildman–Crippen LogP) is 5.67. The maximum atomic E-state index is 6.98. The number of hydrogen-bond donors (Lipinski definition) is 0. The lowest BCUT2D eigenvalue weighted by Gasteiger charge is -2.35. The quantitative estimate of drug-likeness (QED) is 0.467. The molecule has 1 radical (unpaired) electrons. The highest BCUT2D eigenvalue weighted by atomic mass is 79.9. The maximum Gasteiger partial charge on any atom is 0.283 e. The van der Waals surface area contributed by atoms with Crippen LogP contribution in [0.1, 0.15) is 38.0 Å². The molecule has 139 valence electrons. The van der Waals surface area contributed by atoms with Crippen LogP contribution in [0.4, 0.5) is 0 Å². The summed E-state index contributed by atoms with van der Waals surface area (Å²) in [6, 6.07) is 27.8. The SMILES string of the molecule is Cc1cc(Br)ccc1C(O[Si](c1ccccc1)c1ccccc1)C(C)(C)C. The van der Waals surface area contributed by atoms with Crippen LogP contribution >= 0.6 is 15.9 Å². The van der Waals surface area contributed by atoms with Gasteiger partial charge in [0.05, 0.1) is 6.10 Å². The van der Waals surface area contributed by atoms with Gasteiger partial charge in [0.15, 0.2) is 0 Å². The Balaban J connectivity index is 2.05. The zero-order chi connectivity index (χ0) is 19.4. The smallest absolute Gasteiger partial charge is 0.283 e. The van der Waals surface area contributed by atoms with E-state index in [-0.39, 0.29) is 11.5 Å². The summed E-state index contributed by atoms with van der Waals surface area (Å²) in [5.41, 5.74) is 2.50. The van der Waals surface area contributed by atoms with Gasteiger partial charge in [-0.3, -0.25) is 0 Å². The molecule has 3 heteroatoms. The van der Waals surface area contributed by atoms with Crippen LogP contribution in [0.2, 0.25) is 0 Å². The van der Waals surface area contributed by atoms with Crippen molar-refractivity contribution in [2.45, 2.75) is 33.8 Å². The Morgan fingerprint density at radius 3 is 1.78 bits per heavy atom. The van der Waals surface area contributed by atoms with Crippen LogP contribution in [-0.4, -0.2) is 9.04 Å². The molecule has 0 amide bonds. The standard InChI is InChI=1S/C24H26BrOSi/c1-18-17-19(25)15-16-22(18)23(24(2,3)4)26-27(20-11-7-5-8-12-20)21-13-9-6-10-14-21/h5-17,23H,1-4H3. The highest BCUT2D eigenvalue weighted by Crippen LogP contribution is 2.38. The third-order valence-corrected chi connectivity index (χ3v) is 7.29. The first kappa shape index (κ1) is 20.1. The van der Waals surface area contributed by atoms with Gasteiger partial charge >= 0.3 is 0 Å². The van der Waals surface area contributed by atoms with E-state index in [1.807, 2.05) is 0 Å². The molecule has 3 rings (SSSR count). The average molecular weight is 438 g/mol. The molecule has 0 aliphatic carbocycles. The molecular formula is C24H26BrOSi. The lowest BCUT2D eigenvalue weighted by molar-refractivity contribution is 0.0891. The molecule has 0 bridgehead atoms. The monoisotopic (exact) mass is 437 g/mol. The first-order chi connectivity index (χ1) is 12.9. The fourth-order valence-electron chi connectivity index (χ4n) is 3.24. The first-order valence-electron chi connectivity index (χ1n) is 9.27. The van der Waals surface area contributed by atoms with Crippen LogP contribution in [0.5, 0.6) is 0 Å². The van der Waals surface area contributed by atoms with Gasteiger partial charge < -0.3 is 4.43 Å². The van der Waals surface area contributed by atoms with E-state index in [0.717, 1.165) is 4.47 Å². The Bertz CT molecular complexity index is 832. The van der Waals surface area contributed by atoms with Crippen molar-refractivity contribution in [3.63, 3.8) is 0 Å². The molecule has 3 aromatic carbocycles. The zero-order valence-electron chi connectivity index (χ0n) is 16.4. The van der Waals surface area contributed by atoms with E-state index in [1.54, 1.807) is 0 Å². The number of benzene rings is 3. The van der Waals surface area contributed by atoms with Crippen molar-refractivity contribution in [1.82, 2.24) is 0 Å².